The van der Waals surface area contributed by atoms with Crippen molar-refractivity contribution < 1.29 is 14.6 Å². The molecule has 0 saturated carbocycles. The summed E-state index contributed by atoms with van der Waals surface area (Å²) >= 11 is 6.12. The number of ether oxygens (including phenoxy) is 1. The van der Waals surface area contributed by atoms with Gasteiger partial charge in [-0.05, 0) is 53.6 Å². The van der Waals surface area contributed by atoms with Gasteiger partial charge >= 0.3 is 5.97 Å². The molecule has 1 unspecified atom stereocenters. The highest BCUT2D eigenvalue weighted by atomic mass is 35.5. The molecule has 0 aliphatic carbocycles. The monoisotopic (exact) mass is 502 g/mol. The van der Waals surface area contributed by atoms with Crippen molar-refractivity contribution in [3.8, 4) is 33.8 Å². The first kappa shape index (κ1) is 25.5. The van der Waals surface area contributed by atoms with E-state index in [1.807, 2.05) is 79.2 Å². The van der Waals surface area contributed by atoms with Crippen LogP contribution >= 0.6 is 11.6 Å². The topological polar surface area (TPSA) is 64.4 Å². The molecule has 6 heteroatoms. The van der Waals surface area contributed by atoms with E-state index in [2.05, 4.69) is 32.9 Å². The molecule has 5 nitrogen and oxygen atoms in total. The molecule has 0 radical (unpaired) electrons. The van der Waals surface area contributed by atoms with Gasteiger partial charge in [0, 0.05) is 21.9 Å². The first-order valence-electron chi connectivity index (χ1n) is 12.0. The van der Waals surface area contributed by atoms with Gasteiger partial charge in [0.25, 0.3) is 0 Å². The molecule has 0 bridgehead atoms. The lowest BCUT2D eigenvalue weighted by Crippen LogP contribution is -2.32. The fourth-order valence-corrected chi connectivity index (χ4v) is 4.27. The van der Waals surface area contributed by atoms with Crippen LogP contribution in [0.15, 0.2) is 78.9 Å². The Balaban J connectivity index is 1.79. The van der Waals surface area contributed by atoms with E-state index >= 15 is 0 Å². The summed E-state index contributed by atoms with van der Waals surface area (Å²) in [6, 6.07) is 25.4. The molecule has 1 atom stereocenters. The summed E-state index contributed by atoms with van der Waals surface area (Å²) in [5.74, 6) is -0.616. The van der Waals surface area contributed by atoms with Crippen molar-refractivity contribution in [3.05, 3.63) is 89.6 Å². The quantitative estimate of drug-likeness (QED) is 0.282. The second-order valence-corrected chi connectivity index (χ2v) is 10.7. The Kier molecular flexibility index (Phi) is 7.23. The van der Waals surface area contributed by atoms with Gasteiger partial charge < -0.3 is 9.84 Å². The first-order chi connectivity index (χ1) is 17.0. The molecule has 4 aromatic rings. The molecule has 1 heterocycles. The highest BCUT2D eigenvalue weighted by Crippen LogP contribution is 2.36. The molecule has 1 aromatic heterocycles. The second kappa shape index (κ2) is 10.2. The molecule has 1 N–H and O–H groups in total. The smallest absolute Gasteiger partial charge is 0.345 e. The normalized spacial score (nSPS) is 12.5. The molecular weight excluding hydrogens is 472 g/mol. The van der Waals surface area contributed by atoms with Crippen molar-refractivity contribution in [1.29, 1.82) is 0 Å². The third-order valence-corrected chi connectivity index (χ3v) is 6.26. The Morgan fingerprint density at radius 2 is 1.61 bits per heavy atom. The average molecular weight is 503 g/mol. The zero-order valence-electron chi connectivity index (χ0n) is 21.2. The van der Waals surface area contributed by atoms with E-state index in [0.717, 1.165) is 33.8 Å². The number of benzene rings is 3. The third-order valence-electron chi connectivity index (χ3n) is 6.01. The number of aliphatic carboxylic acids is 1. The summed E-state index contributed by atoms with van der Waals surface area (Å²) in [7, 11) is 0. The van der Waals surface area contributed by atoms with Crippen molar-refractivity contribution in [1.82, 2.24) is 9.78 Å². The largest absolute Gasteiger partial charge is 0.478 e. The minimum atomic E-state index is -0.974. The molecule has 0 spiro atoms. The highest BCUT2D eigenvalue weighted by Gasteiger charge is 2.25. The molecule has 0 aliphatic rings. The Morgan fingerprint density at radius 1 is 0.944 bits per heavy atom. The number of carboxylic acid groups (broad SMARTS) is 1. The standard InChI is InChI=1S/C30H31ClN2O3/c1-19(2)28(29(34)35)36-23-10-8-9-20(17-23)24-11-6-7-12-25(24)26-18-27(30(3,4)5)33(32-26)22-15-13-21(31)14-16-22/h6-19,28H,1-5H3,(H,34,35). The lowest BCUT2D eigenvalue weighted by atomic mass is 9.90. The van der Waals surface area contributed by atoms with E-state index in [-0.39, 0.29) is 11.3 Å². The number of carbonyl (C=O) groups is 1. The van der Waals surface area contributed by atoms with E-state index in [1.54, 1.807) is 6.07 Å². The Bertz CT molecular complexity index is 1370. The summed E-state index contributed by atoms with van der Waals surface area (Å²) in [6.45, 7) is 10.2. The summed E-state index contributed by atoms with van der Waals surface area (Å²) < 4.78 is 7.82. The predicted octanol–water partition coefficient (Wildman–Crippen LogP) is 7.65. The van der Waals surface area contributed by atoms with Crippen LogP contribution in [0.1, 0.15) is 40.3 Å². The summed E-state index contributed by atoms with van der Waals surface area (Å²) in [5, 5.41) is 15.2. The Hall–Kier alpha value is -3.57. The van der Waals surface area contributed by atoms with Crippen LogP contribution in [0.2, 0.25) is 5.02 Å². The summed E-state index contributed by atoms with van der Waals surface area (Å²) in [4.78, 5) is 11.6. The van der Waals surface area contributed by atoms with Crippen LogP contribution in [0.5, 0.6) is 5.75 Å². The van der Waals surface area contributed by atoms with Gasteiger partial charge in [0.2, 0.25) is 0 Å². The van der Waals surface area contributed by atoms with E-state index in [0.29, 0.717) is 10.8 Å². The van der Waals surface area contributed by atoms with Crippen molar-refractivity contribution in [3.63, 3.8) is 0 Å². The van der Waals surface area contributed by atoms with E-state index in [9.17, 15) is 9.90 Å². The van der Waals surface area contributed by atoms with Crippen LogP contribution in [0.4, 0.5) is 0 Å². The van der Waals surface area contributed by atoms with Crippen molar-refractivity contribution >= 4 is 17.6 Å². The van der Waals surface area contributed by atoms with Gasteiger partial charge in [0.05, 0.1) is 17.1 Å². The molecule has 0 aliphatic heterocycles. The average Bonchev–Trinajstić information content (AvgIpc) is 3.29. The Labute approximate surface area is 217 Å². The number of hydrogen-bond donors (Lipinski definition) is 1. The van der Waals surface area contributed by atoms with Crippen LogP contribution in [0.3, 0.4) is 0 Å². The van der Waals surface area contributed by atoms with Gasteiger partial charge in [-0.25, -0.2) is 9.48 Å². The minimum absolute atomic E-state index is 0.143. The van der Waals surface area contributed by atoms with Gasteiger partial charge in [-0.1, -0.05) is 82.6 Å². The predicted molar refractivity (Wildman–Crippen MR) is 145 cm³/mol. The first-order valence-corrected chi connectivity index (χ1v) is 12.4. The van der Waals surface area contributed by atoms with Gasteiger partial charge in [-0.15, -0.1) is 0 Å². The maximum Gasteiger partial charge on any atom is 0.345 e. The van der Waals surface area contributed by atoms with Crippen LogP contribution < -0.4 is 4.74 Å². The number of hydrogen-bond acceptors (Lipinski definition) is 3. The van der Waals surface area contributed by atoms with Gasteiger partial charge in [0.1, 0.15) is 5.75 Å². The highest BCUT2D eigenvalue weighted by molar-refractivity contribution is 6.30. The molecule has 3 aromatic carbocycles. The number of carboxylic acids is 1. The van der Waals surface area contributed by atoms with Gasteiger partial charge in [0.15, 0.2) is 6.10 Å². The summed E-state index contributed by atoms with van der Waals surface area (Å²) in [6.07, 6.45) is -0.917. The number of nitrogens with zero attached hydrogens (tertiary/aromatic N) is 2. The maximum atomic E-state index is 11.6. The number of rotatable bonds is 7. The second-order valence-electron chi connectivity index (χ2n) is 10.2. The van der Waals surface area contributed by atoms with E-state index in [4.69, 9.17) is 21.4 Å². The molecule has 186 valence electrons. The fourth-order valence-electron chi connectivity index (χ4n) is 4.14. The fraction of sp³-hybridized carbons (Fsp3) is 0.267. The lowest BCUT2D eigenvalue weighted by molar-refractivity contribution is -0.147. The zero-order chi connectivity index (χ0) is 26.0. The molecule has 0 amide bonds. The van der Waals surface area contributed by atoms with E-state index < -0.39 is 12.1 Å². The molecule has 0 fully saturated rings. The molecular formula is C30H31ClN2O3. The van der Waals surface area contributed by atoms with Crippen LogP contribution in [-0.2, 0) is 10.2 Å². The van der Waals surface area contributed by atoms with Crippen LogP contribution in [0.25, 0.3) is 28.1 Å². The van der Waals surface area contributed by atoms with Gasteiger partial charge in [-0.3, -0.25) is 0 Å². The maximum absolute atomic E-state index is 11.6. The molecule has 4 rings (SSSR count). The van der Waals surface area contributed by atoms with E-state index in [1.165, 1.54) is 0 Å². The third kappa shape index (κ3) is 5.47. The Morgan fingerprint density at radius 3 is 2.22 bits per heavy atom. The number of aromatic nitrogens is 2. The van der Waals surface area contributed by atoms with Crippen molar-refractivity contribution in [2.45, 2.75) is 46.1 Å². The van der Waals surface area contributed by atoms with Gasteiger partial charge in [-0.2, -0.15) is 5.10 Å². The number of halogens is 1. The lowest BCUT2D eigenvalue weighted by Gasteiger charge is -2.20. The van der Waals surface area contributed by atoms with Crippen molar-refractivity contribution in [2.24, 2.45) is 5.92 Å². The summed E-state index contributed by atoms with van der Waals surface area (Å²) in [5.41, 5.74) is 5.62. The molecule has 36 heavy (non-hydrogen) atoms. The minimum Gasteiger partial charge on any atom is -0.478 e. The zero-order valence-corrected chi connectivity index (χ0v) is 22.0. The van der Waals surface area contributed by atoms with Crippen molar-refractivity contribution in [2.75, 3.05) is 0 Å². The molecule has 0 saturated heterocycles. The SMILES string of the molecule is CC(C)C(Oc1cccc(-c2ccccc2-c2cc(C(C)(C)C)n(-c3ccc(Cl)cc3)n2)c1)C(=O)O. The van der Waals surface area contributed by atoms with Crippen LogP contribution in [-0.4, -0.2) is 27.0 Å². The van der Waals surface area contributed by atoms with Crippen LogP contribution in [0, 0.1) is 5.92 Å².